The van der Waals surface area contributed by atoms with E-state index in [0.29, 0.717) is 50.0 Å². The van der Waals surface area contributed by atoms with Crippen molar-refractivity contribution in [3.63, 3.8) is 0 Å². The summed E-state index contributed by atoms with van der Waals surface area (Å²) in [6.07, 6.45) is 3.47. The average Bonchev–Trinajstić information content (AvgIpc) is 3.46. The van der Waals surface area contributed by atoms with Gasteiger partial charge in [-0.15, -0.1) is 0 Å². The second-order valence-electron chi connectivity index (χ2n) is 8.20. The maximum absolute atomic E-state index is 13.8. The van der Waals surface area contributed by atoms with E-state index < -0.39 is 12.0 Å². The molecule has 10 heteroatoms. The van der Waals surface area contributed by atoms with Gasteiger partial charge in [0.05, 0.1) is 32.9 Å². The lowest BCUT2D eigenvalue weighted by Crippen LogP contribution is -2.39. The maximum Gasteiger partial charge on any atom is 0.338 e. The van der Waals surface area contributed by atoms with Crippen molar-refractivity contribution in [1.82, 2.24) is 4.57 Å². The van der Waals surface area contributed by atoms with Gasteiger partial charge in [-0.05, 0) is 71.2 Å². The van der Waals surface area contributed by atoms with Gasteiger partial charge in [0.15, 0.2) is 16.3 Å². The van der Waals surface area contributed by atoms with E-state index in [0.717, 1.165) is 10.0 Å². The number of aromatic nitrogens is 1. The third-order valence-corrected chi connectivity index (χ3v) is 7.44. The van der Waals surface area contributed by atoms with E-state index in [9.17, 15) is 9.59 Å². The molecule has 0 unspecified atom stereocenters. The zero-order chi connectivity index (χ0) is 26.1. The summed E-state index contributed by atoms with van der Waals surface area (Å²) < 4.78 is 24.8. The van der Waals surface area contributed by atoms with Crippen LogP contribution in [0.2, 0.25) is 0 Å². The fraction of sp³-hybridized carbons (Fsp3) is 0.222. The molecule has 2 aromatic carbocycles. The molecule has 3 aromatic rings. The molecule has 2 aliphatic rings. The van der Waals surface area contributed by atoms with Crippen LogP contribution >= 0.6 is 27.3 Å². The van der Waals surface area contributed by atoms with Crippen LogP contribution in [0.5, 0.6) is 17.2 Å². The molecule has 1 atom stereocenters. The number of benzene rings is 2. The summed E-state index contributed by atoms with van der Waals surface area (Å²) in [4.78, 5) is 31.9. The molecule has 5 rings (SSSR count). The summed E-state index contributed by atoms with van der Waals surface area (Å²) in [7, 11) is 0. The number of nitrogens with zero attached hydrogens (tertiary/aromatic N) is 2. The van der Waals surface area contributed by atoms with Crippen LogP contribution < -0.4 is 29.1 Å². The lowest BCUT2D eigenvalue weighted by atomic mass is 9.95. The number of carbonyl (C=O) groups excluding carboxylic acids is 1. The molecule has 2 aliphatic heterocycles. The highest BCUT2D eigenvalue weighted by Crippen LogP contribution is 2.38. The van der Waals surface area contributed by atoms with Gasteiger partial charge >= 0.3 is 5.97 Å². The van der Waals surface area contributed by atoms with Gasteiger partial charge in [0.25, 0.3) is 5.56 Å². The molecule has 0 amide bonds. The number of hydrogen-bond donors (Lipinski definition) is 0. The summed E-state index contributed by atoms with van der Waals surface area (Å²) in [6, 6.07) is 10.2. The fourth-order valence-corrected chi connectivity index (χ4v) is 5.77. The van der Waals surface area contributed by atoms with E-state index in [1.807, 2.05) is 24.3 Å². The second-order valence-corrected chi connectivity index (χ2v) is 10.1. The summed E-state index contributed by atoms with van der Waals surface area (Å²) in [5, 5.41) is 0. The van der Waals surface area contributed by atoms with Crippen molar-refractivity contribution < 1.29 is 23.7 Å². The van der Waals surface area contributed by atoms with Crippen LogP contribution in [0.25, 0.3) is 6.08 Å². The normalized spacial score (nSPS) is 16.3. The fourth-order valence-electron chi connectivity index (χ4n) is 4.21. The minimum atomic E-state index is -0.728. The molecule has 0 aliphatic carbocycles. The molecular weight excluding hydrogens is 560 g/mol. The first-order valence-corrected chi connectivity index (χ1v) is 13.1. The van der Waals surface area contributed by atoms with Crippen molar-refractivity contribution in [3.8, 4) is 17.2 Å². The van der Waals surface area contributed by atoms with Crippen LogP contribution in [0.3, 0.4) is 0 Å². The predicted octanol–water partition coefficient (Wildman–Crippen LogP) is 3.85. The third-order valence-electron chi connectivity index (χ3n) is 5.84. The average molecular weight is 583 g/mol. The van der Waals surface area contributed by atoms with E-state index in [1.165, 1.54) is 11.3 Å². The number of ether oxygens (including phenoxy) is 4. The van der Waals surface area contributed by atoms with Crippen LogP contribution in [0.4, 0.5) is 0 Å². The Bertz CT molecular complexity index is 1620. The summed E-state index contributed by atoms with van der Waals surface area (Å²) >= 11 is 4.78. The number of esters is 1. The van der Waals surface area contributed by atoms with Crippen molar-refractivity contribution in [2.75, 3.05) is 20.0 Å². The summed E-state index contributed by atoms with van der Waals surface area (Å²) in [5.41, 5.74) is 2.06. The van der Waals surface area contributed by atoms with Crippen molar-refractivity contribution >= 4 is 39.3 Å². The van der Waals surface area contributed by atoms with Crippen LogP contribution in [0.1, 0.15) is 31.0 Å². The van der Waals surface area contributed by atoms with Gasteiger partial charge in [0.1, 0.15) is 12.4 Å². The van der Waals surface area contributed by atoms with E-state index in [-0.39, 0.29) is 19.0 Å². The van der Waals surface area contributed by atoms with Gasteiger partial charge in [0, 0.05) is 0 Å². The van der Waals surface area contributed by atoms with Gasteiger partial charge in [-0.1, -0.05) is 36.1 Å². The molecular formula is C27H23BrN2O6S. The van der Waals surface area contributed by atoms with Gasteiger partial charge in [-0.2, -0.15) is 0 Å². The molecule has 0 saturated carbocycles. The number of rotatable bonds is 7. The minimum absolute atomic E-state index is 0.119. The molecule has 0 saturated heterocycles. The van der Waals surface area contributed by atoms with Gasteiger partial charge in [0.2, 0.25) is 6.79 Å². The largest absolute Gasteiger partial charge is 0.488 e. The SMILES string of the molecule is C=CCOc1ccc(/C=c2/sc3n(c2=O)[C@@H](c2ccc4c(c2)OCO4)C(C(=O)OCC)=C(C)N=3)cc1Br. The lowest BCUT2D eigenvalue weighted by Gasteiger charge is -2.24. The number of halogens is 1. The Balaban J connectivity index is 1.65. The maximum atomic E-state index is 13.8. The Kier molecular flexibility index (Phi) is 7.03. The van der Waals surface area contributed by atoms with Gasteiger partial charge in [-0.3, -0.25) is 9.36 Å². The molecule has 1 aromatic heterocycles. The van der Waals surface area contributed by atoms with E-state index in [2.05, 4.69) is 27.5 Å². The van der Waals surface area contributed by atoms with E-state index >= 15 is 0 Å². The Morgan fingerprint density at radius 2 is 2.08 bits per heavy atom. The molecule has 0 radical (unpaired) electrons. The van der Waals surface area contributed by atoms with Crippen LogP contribution in [0.15, 0.2) is 74.6 Å². The van der Waals surface area contributed by atoms with Crippen molar-refractivity contribution in [2.45, 2.75) is 19.9 Å². The first-order chi connectivity index (χ1) is 17.9. The molecule has 0 N–H and O–H groups in total. The van der Waals surface area contributed by atoms with Crippen LogP contribution in [-0.4, -0.2) is 30.5 Å². The van der Waals surface area contributed by atoms with Crippen molar-refractivity contribution in [1.29, 1.82) is 0 Å². The van der Waals surface area contributed by atoms with Gasteiger partial charge < -0.3 is 18.9 Å². The molecule has 0 spiro atoms. The Morgan fingerprint density at radius 1 is 1.27 bits per heavy atom. The molecule has 0 bridgehead atoms. The predicted molar refractivity (Wildman–Crippen MR) is 143 cm³/mol. The third kappa shape index (κ3) is 4.74. The highest BCUT2D eigenvalue weighted by atomic mass is 79.9. The molecule has 190 valence electrons. The zero-order valence-corrected chi connectivity index (χ0v) is 22.6. The second kappa shape index (κ2) is 10.4. The summed E-state index contributed by atoms with van der Waals surface area (Å²) in [5.74, 6) is 1.33. The Morgan fingerprint density at radius 3 is 2.84 bits per heavy atom. The number of thiazole rings is 1. The first kappa shape index (κ1) is 25.0. The number of carbonyl (C=O) groups is 1. The zero-order valence-electron chi connectivity index (χ0n) is 20.2. The van der Waals surface area contributed by atoms with Gasteiger partial charge in [-0.25, -0.2) is 9.79 Å². The monoisotopic (exact) mass is 582 g/mol. The van der Waals surface area contributed by atoms with Crippen molar-refractivity contribution in [3.05, 3.63) is 95.6 Å². The standard InChI is InChI=1S/C27H23BrN2O6S/c1-4-10-34-19-8-6-16(11-18(19)28)12-22-25(31)30-24(17-7-9-20-21(13-17)36-14-35-20)23(26(32)33-5-2)15(3)29-27(30)37-22/h4,6-9,11-13,24H,1,5,10,14H2,2-3H3/b22-12+/t24-/m0/s1. The quantitative estimate of drug-likeness (QED) is 0.310. The van der Waals surface area contributed by atoms with Crippen molar-refractivity contribution in [2.24, 2.45) is 4.99 Å². The summed E-state index contributed by atoms with van der Waals surface area (Å²) in [6.45, 7) is 7.86. The molecule has 8 nitrogen and oxygen atoms in total. The van der Waals surface area contributed by atoms with Crippen LogP contribution in [-0.2, 0) is 9.53 Å². The Labute approximate surface area is 224 Å². The highest BCUT2D eigenvalue weighted by molar-refractivity contribution is 9.10. The van der Waals surface area contributed by atoms with E-state index in [1.54, 1.807) is 42.7 Å². The molecule has 0 fully saturated rings. The highest BCUT2D eigenvalue weighted by Gasteiger charge is 2.34. The first-order valence-electron chi connectivity index (χ1n) is 11.5. The van der Waals surface area contributed by atoms with E-state index in [4.69, 9.17) is 18.9 Å². The molecule has 3 heterocycles. The number of hydrogen-bond acceptors (Lipinski definition) is 8. The smallest absolute Gasteiger partial charge is 0.338 e. The number of allylic oxidation sites excluding steroid dienone is 1. The topological polar surface area (TPSA) is 88.3 Å². The lowest BCUT2D eigenvalue weighted by molar-refractivity contribution is -0.139. The Hall–Kier alpha value is -3.63. The number of fused-ring (bicyclic) bond motifs is 2. The molecule has 37 heavy (non-hydrogen) atoms. The van der Waals surface area contributed by atoms with Crippen LogP contribution in [0, 0.1) is 0 Å². The minimum Gasteiger partial charge on any atom is -0.488 e.